The van der Waals surface area contributed by atoms with E-state index in [9.17, 15) is 18.0 Å². The predicted molar refractivity (Wildman–Crippen MR) is 106 cm³/mol. The Balaban J connectivity index is 1.80. The number of nitrogens with one attached hydrogen (secondary N) is 1. The zero-order valence-corrected chi connectivity index (χ0v) is 16.7. The summed E-state index contributed by atoms with van der Waals surface area (Å²) in [5.41, 5.74) is 0.500. The van der Waals surface area contributed by atoms with E-state index in [2.05, 4.69) is 19.7 Å². The minimum atomic E-state index is -4.08. The van der Waals surface area contributed by atoms with Crippen LogP contribution >= 0.6 is 0 Å². The summed E-state index contributed by atoms with van der Waals surface area (Å²) >= 11 is 0. The summed E-state index contributed by atoms with van der Waals surface area (Å²) in [5, 5.41) is 2.84. The van der Waals surface area contributed by atoms with Crippen molar-refractivity contribution in [3.63, 3.8) is 0 Å². The number of amidine groups is 1. The lowest BCUT2D eigenvalue weighted by molar-refractivity contribution is -0.119. The normalized spacial score (nSPS) is 20.0. The summed E-state index contributed by atoms with van der Waals surface area (Å²) in [7, 11) is -4.08. The third kappa shape index (κ3) is 3.29. The number of nitrogens with zero attached hydrogens (tertiary/aromatic N) is 4. The first-order valence-corrected chi connectivity index (χ1v) is 10.6. The highest BCUT2D eigenvalue weighted by molar-refractivity contribution is 7.90. The van der Waals surface area contributed by atoms with Gasteiger partial charge in [0.1, 0.15) is 16.5 Å². The molecule has 1 amide bonds. The monoisotopic (exact) mass is 413 g/mol. The number of carbonyl (C=O) groups is 2. The molecule has 4 rings (SSSR count). The highest BCUT2D eigenvalue weighted by atomic mass is 32.2. The van der Waals surface area contributed by atoms with Gasteiger partial charge in [-0.1, -0.05) is 13.8 Å². The van der Waals surface area contributed by atoms with Crippen LogP contribution in [0.15, 0.2) is 46.1 Å². The number of sulfonamides is 1. The Morgan fingerprint density at radius 2 is 2.00 bits per heavy atom. The molecule has 0 bridgehead atoms. The lowest BCUT2D eigenvalue weighted by atomic mass is 9.90. The molecule has 2 aliphatic heterocycles. The van der Waals surface area contributed by atoms with Gasteiger partial charge < -0.3 is 5.32 Å². The van der Waals surface area contributed by atoms with Gasteiger partial charge >= 0.3 is 0 Å². The number of ketones is 1. The number of hydrogen-bond donors (Lipinski definition) is 1. The lowest BCUT2D eigenvalue weighted by Crippen LogP contribution is -2.51. The van der Waals surface area contributed by atoms with E-state index in [-0.39, 0.29) is 22.0 Å². The Morgan fingerprint density at radius 1 is 1.21 bits per heavy atom. The van der Waals surface area contributed by atoms with Crippen molar-refractivity contribution in [1.29, 1.82) is 0 Å². The third-order valence-corrected chi connectivity index (χ3v) is 6.15. The van der Waals surface area contributed by atoms with Gasteiger partial charge in [0.05, 0.1) is 11.3 Å². The molecule has 0 saturated heterocycles. The molecule has 1 N–H and O–H groups in total. The molecule has 1 unspecified atom stereocenters. The number of amides is 1. The van der Waals surface area contributed by atoms with E-state index in [1.54, 1.807) is 12.1 Å². The fraction of sp³-hybridized carbons (Fsp3) is 0.316. The van der Waals surface area contributed by atoms with Crippen molar-refractivity contribution in [3.8, 4) is 0 Å². The molecule has 4 heterocycles. The van der Waals surface area contributed by atoms with Gasteiger partial charge in [0.25, 0.3) is 10.0 Å². The van der Waals surface area contributed by atoms with Crippen molar-refractivity contribution in [2.75, 3.05) is 16.8 Å². The van der Waals surface area contributed by atoms with Crippen LogP contribution in [-0.2, 0) is 14.8 Å². The van der Waals surface area contributed by atoms with Crippen molar-refractivity contribution in [1.82, 2.24) is 9.97 Å². The van der Waals surface area contributed by atoms with E-state index in [4.69, 9.17) is 0 Å². The smallest absolute Gasteiger partial charge is 0.287 e. The largest absolute Gasteiger partial charge is 0.341 e. The number of carbonyl (C=O) groups excluding carboxylic acids is 2. The Bertz CT molecular complexity index is 1140. The molecule has 0 fully saturated rings. The number of hydrogen-bond acceptors (Lipinski definition) is 7. The minimum Gasteiger partial charge on any atom is -0.341 e. The first kappa shape index (κ1) is 19.2. The van der Waals surface area contributed by atoms with Gasteiger partial charge in [-0.25, -0.2) is 4.98 Å². The van der Waals surface area contributed by atoms with Gasteiger partial charge in [0, 0.05) is 25.1 Å². The fourth-order valence-electron chi connectivity index (χ4n) is 3.33. The Kier molecular flexibility index (Phi) is 4.65. The molecular formula is C19H19N5O4S. The van der Waals surface area contributed by atoms with Crippen molar-refractivity contribution in [3.05, 3.63) is 42.4 Å². The standard InChI is InChI=1S/C19H19N5O4S/c1-11(2)6-9-24-18-12(4-3-7-21-18)16(25)15(19(24)26)17-22-13-5-8-20-10-14(13)29(27,28)23-17/h3-5,7-8,10-11,15H,6,9H2,1-2H3,(H,22,23). The Morgan fingerprint density at radius 3 is 2.76 bits per heavy atom. The molecular weight excluding hydrogens is 394 g/mol. The van der Waals surface area contributed by atoms with Crippen molar-refractivity contribution in [2.24, 2.45) is 16.2 Å². The Hall–Kier alpha value is -3.14. The topological polar surface area (TPSA) is 122 Å². The molecule has 10 heteroatoms. The molecule has 1 atom stereocenters. The first-order chi connectivity index (χ1) is 13.8. The van der Waals surface area contributed by atoms with Crippen LogP contribution < -0.4 is 10.2 Å². The zero-order valence-electron chi connectivity index (χ0n) is 15.9. The van der Waals surface area contributed by atoms with Crippen LogP contribution in [0.3, 0.4) is 0 Å². The van der Waals surface area contributed by atoms with E-state index in [1.807, 2.05) is 13.8 Å². The van der Waals surface area contributed by atoms with Crippen LogP contribution in [0.25, 0.3) is 0 Å². The van der Waals surface area contributed by atoms with Gasteiger partial charge in [-0.2, -0.15) is 8.42 Å². The maximum absolute atomic E-state index is 13.3. The first-order valence-electron chi connectivity index (χ1n) is 9.16. The molecule has 0 spiro atoms. The maximum Gasteiger partial charge on any atom is 0.287 e. The van der Waals surface area contributed by atoms with Crippen LogP contribution in [0.1, 0.15) is 30.6 Å². The highest BCUT2D eigenvalue weighted by Crippen LogP contribution is 2.33. The van der Waals surface area contributed by atoms with Gasteiger partial charge in [-0.15, -0.1) is 4.40 Å². The van der Waals surface area contributed by atoms with E-state index in [0.717, 1.165) is 0 Å². The highest BCUT2D eigenvalue weighted by Gasteiger charge is 2.45. The van der Waals surface area contributed by atoms with E-state index in [1.165, 1.54) is 29.6 Å². The molecule has 2 aromatic heterocycles. The molecule has 0 aliphatic carbocycles. The average Bonchev–Trinajstić information content (AvgIpc) is 2.67. The maximum atomic E-state index is 13.3. The van der Waals surface area contributed by atoms with Gasteiger partial charge in [0.2, 0.25) is 5.91 Å². The van der Waals surface area contributed by atoms with Crippen LogP contribution in [0.2, 0.25) is 0 Å². The quantitative estimate of drug-likeness (QED) is 0.760. The second-order valence-corrected chi connectivity index (χ2v) is 8.87. The Labute approximate surface area is 167 Å². The summed E-state index contributed by atoms with van der Waals surface area (Å²) < 4.78 is 28.9. The van der Waals surface area contributed by atoms with Crippen molar-refractivity contribution in [2.45, 2.75) is 25.2 Å². The number of Topliss-reactive ketones (excluding diaryl/α,β-unsaturated/α-hetero) is 1. The predicted octanol–water partition coefficient (Wildman–Crippen LogP) is 1.88. The van der Waals surface area contributed by atoms with Crippen LogP contribution in [0, 0.1) is 11.8 Å². The SMILES string of the molecule is CC(C)CCN1C(=O)C(C2=NS(=O)(=O)c3cnccc3N2)C(=O)c2cccnc21. The van der Waals surface area contributed by atoms with Crippen LogP contribution in [0.5, 0.6) is 0 Å². The van der Waals surface area contributed by atoms with Crippen molar-refractivity contribution < 1.29 is 18.0 Å². The number of rotatable bonds is 4. The number of pyridine rings is 2. The molecule has 150 valence electrons. The molecule has 0 saturated carbocycles. The second-order valence-electron chi connectivity index (χ2n) is 7.29. The minimum absolute atomic E-state index is 0.0989. The van der Waals surface area contributed by atoms with Crippen LogP contribution in [-0.4, -0.2) is 42.5 Å². The lowest BCUT2D eigenvalue weighted by Gasteiger charge is -2.33. The zero-order chi connectivity index (χ0) is 20.8. The number of aromatic nitrogens is 2. The molecule has 2 aliphatic rings. The molecule has 0 radical (unpaired) electrons. The van der Waals surface area contributed by atoms with Gasteiger partial charge in [0.15, 0.2) is 11.7 Å². The summed E-state index contributed by atoms with van der Waals surface area (Å²) in [4.78, 5) is 35.8. The van der Waals surface area contributed by atoms with Crippen molar-refractivity contribution >= 4 is 39.1 Å². The summed E-state index contributed by atoms with van der Waals surface area (Å²) in [5.74, 6) is -2.03. The average molecular weight is 413 g/mol. The molecule has 29 heavy (non-hydrogen) atoms. The van der Waals surface area contributed by atoms with E-state index < -0.39 is 27.6 Å². The van der Waals surface area contributed by atoms with Gasteiger partial charge in [-0.3, -0.25) is 19.5 Å². The van der Waals surface area contributed by atoms with Crippen LogP contribution in [0.4, 0.5) is 11.5 Å². The van der Waals surface area contributed by atoms with E-state index >= 15 is 0 Å². The number of anilines is 2. The number of fused-ring (bicyclic) bond motifs is 2. The second kappa shape index (κ2) is 7.03. The summed E-state index contributed by atoms with van der Waals surface area (Å²) in [6.07, 6.45) is 4.82. The van der Waals surface area contributed by atoms with E-state index in [0.29, 0.717) is 24.7 Å². The molecule has 2 aromatic rings. The summed E-state index contributed by atoms with van der Waals surface area (Å²) in [6.45, 7) is 4.42. The third-order valence-electron chi connectivity index (χ3n) is 4.83. The fourth-order valence-corrected chi connectivity index (χ4v) is 4.43. The van der Waals surface area contributed by atoms with Gasteiger partial charge in [-0.05, 0) is 30.5 Å². The molecule has 0 aromatic carbocycles. The molecule has 9 nitrogen and oxygen atoms in total. The summed E-state index contributed by atoms with van der Waals surface area (Å²) in [6, 6.07) is 4.66.